The van der Waals surface area contributed by atoms with Gasteiger partial charge in [-0.15, -0.1) is 0 Å². The fourth-order valence-electron chi connectivity index (χ4n) is 14.9. The van der Waals surface area contributed by atoms with Crippen molar-refractivity contribution in [2.45, 2.75) is 103 Å². The van der Waals surface area contributed by atoms with Gasteiger partial charge in [-0.25, -0.2) is 0 Å². The number of fused-ring (bicyclic) bond motifs is 11. The predicted octanol–water partition coefficient (Wildman–Crippen LogP) is 21.8. The molecule has 1 nitrogen and oxygen atoms in total. The maximum absolute atomic E-state index is 2.76. The normalized spacial score (nSPS) is 15.4. The van der Waals surface area contributed by atoms with Crippen LogP contribution in [0.25, 0.3) is 75.8 Å². The Morgan fingerprint density at radius 3 is 1.54 bits per heavy atom. The van der Waals surface area contributed by atoms with E-state index in [0.29, 0.717) is 11.8 Å². The summed E-state index contributed by atoms with van der Waals surface area (Å²) >= 11 is 0. The molecule has 4 unspecified atom stereocenters. The lowest BCUT2D eigenvalue weighted by Crippen LogP contribution is -2.49. The highest BCUT2D eigenvalue weighted by atomic mass is 15.2. The van der Waals surface area contributed by atoms with Crippen molar-refractivity contribution in [1.82, 2.24) is 0 Å². The van der Waals surface area contributed by atoms with Crippen LogP contribution >= 0.6 is 0 Å². The summed E-state index contributed by atoms with van der Waals surface area (Å²) in [6.07, 6.45) is 7.91. The van der Waals surface area contributed by atoms with Crippen LogP contribution in [0.4, 0.5) is 5.69 Å². The number of hydrogen-bond donors (Lipinski definition) is 0. The van der Waals surface area contributed by atoms with Crippen LogP contribution in [-0.2, 0) is 29.3 Å². The second-order valence-electron chi connectivity index (χ2n) is 24.9. The molecule has 13 rings (SSSR count). The molecule has 0 bridgehead atoms. The van der Waals surface area contributed by atoms with E-state index in [0.717, 1.165) is 25.8 Å². The molecule has 4 atom stereocenters. The average Bonchev–Trinajstić information content (AvgIpc) is 4.03. The van der Waals surface area contributed by atoms with E-state index in [9.17, 15) is 0 Å². The largest absolute Gasteiger partial charge is 0.353 e. The maximum Gasteiger partial charge on any atom is 0.0864 e. The van der Waals surface area contributed by atoms with Gasteiger partial charge in [-0.1, -0.05) is 279 Å². The number of rotatable bonds is 15. The van der Waals surface area contributed by atoms with Crippen molar-refractivity contribution >= 4 is 70.3 Å². The zero-order chi connectivity index (χ0) is 55.6. The lowest BCUT2D eigenvalue weighted by molar-refractivity contribution is 0.305. The molecule has 0 radical (unpaired) electrons. The zero-order valence-electron chi connectivity index (χ0n) is 48.6. The Morgan fingerprint density at radius 1 is 0.469 bits per heavy atom. The van der Waals surface area contributed by atoms with E-state index < -0.39 is 5.54 Å². The van der Waals surface area contributed by atoms with Crippen molar-refractivity contribution in [1.29, 1.82) is 0 Å². The number of benzene rings is 12. The molecule has 0 amide bonds. The van der Waals surface area contributed by atoms with Gasteiger partial charge in [0.1, 0.15) is 0 Å². The third-order valence-corrected chi connectivity index (χ3v) is 19.5. The summed E-state index contributed by atoms with van der Waals surface area (Å²) in [5.41, 5.74) is 12.9. The van der Waals surface area contributed by atoms with Gasteiger partial charge in [0.2, 0.25) is 0 Å². The Hall–Kier alpha value is -8.26. The summed E-state index contributed by atoms with van der Waals surface area (Å²) in [5.74, 6) is 0.868. The minimum absolute atomic E-state index is 0.0661. The molecule has 0 aliphatic heterocycles. The van der Waals surface area contributed by atoms with E-state index in [-0.39, 0.29) is 16.7 Å². The zero-order valence-corrected chi connectivity index (χ0v) is 48.6. The first-order valence-corrected chi connectivity index (χ1v) is 29.9. The molecule has 1 aliphatic carbocycles. The van der Waals surface area contributed by atoms with Gasteiger partial charge >= 0.3 is 0 Å². The first-order chi connectivity index (χ1) is 39.4. The summed E-state index contributed by atoms with van der Waals surface area (Å²) < 4.78 is 0. The van der Waals surface area contributed by atoms with Crippen LogP contribution in [0, 0.1) is 11.8 Å². The van der Waals surface area contributed by atoms with Gasteiger partial charge < -0.3 is 4.90 Å². The van der Waals surface area contributed by atoms with Gasteiger partial charge in [0, 0.05) is 23.0 Å². The molecule has 12 aromatic carbocycles. The first-order valence-electron chi connectivity index (χ1n) is 29.9. The topological polar surface area (TPSA) is 3.24 Å². The third kappa shape index (κ3) is 8.92. The number of hydrogen-bond acceptors (Lipinski definition) is 1. The summed E-state index contributed by atoms with van der Waals surface area (Å²) in [6.45, 7) is 20.3. The van der Waals surface area contributed by atoms with Gasteiger partial charge in [-0.05, 0) is 171 Å². The van der Waals surface area contributed by atoms with Crippen molar-refractivity contribution in [3.05, 3.63) is 282 Å². The van der Waals surface area contributed by atoms with Crippen LogP contribution < -0.4 is 4.90 Å². The summed E-state index contributed by atoms with van der Waals surface area (Å²) in [5, 5.41) is 15.6. The predicted molar refractivity (Wildman–Crippen MR) is 350 cm³/mol. The molecule has 0 N–H and O–H groups in total. The van der Waals surface area contributed by atoms with Gasteiger partial charge in [0.05, 0.1) is 5.54 Å². The van der Waals surface area contributed by atoms with Crippen LogP contribution in [0.15, 0.2) is 243 Å². The second kappa shape index (κ2) is 20.7. The highest BCUT2D eigenvalue weighted by molar-refractivity contribution is 6.13. The highest BCUT2D eigenvalue weighted by Crippen LogP contribution is 2.54. The molecule has 0 heterocycles. The summed E-state index contributed by atoms with van der Waals surface area (Å²) in [7, 11) is 0. The highest BCUT2D eigenvalue weighted by Gasteiger charge is 2.44. The third-order valence-electron chi connectivity index (χ3n) is 19.5. The van der Waals surface area contributed by atoms with E-state index >= 15 is 0 Å². The second-order valence-corrected chi connectivity index (χ2v) is 24.9. The van der Waals surface area contributed by atoms with E-state index in [1.165, 1.54) is 120 Å². The molecule has 1 heteroatoms. The smallest absolute Gasteiger partial charge is 0.0864 e. The molecule has 0 saturated carbocycles. The molecule has 0 fully saturated rings. The molecule has 12 aromatic rings. The van der Waals surface area contributed by atoms with E-state index in [1.807, 2.05) is 0 Å². The fraction of sp³-hybridized carbons (Fsp3) is 0.225. The van der Waals surface area contributed by atoms with E-state index in [4.69, 9.17) is 0 Å². The molecule has 400 valence electrons. The van der Waals surface area contributed by atoms with Crippen molar-refractivity contribution in [3.8, 4) is 11.1 Å². The fourth-order valence-corrected chi connectivity index (χ4v) is 14.9. The van der Waals surface area contributed by atoms with Crippen LogP contribution in [0.5, 0.6) is 0 Å². The lowest BCUT2D eigenvalue weighted by Gasteiger charge is -2.48. The van der Waals surface area contributed by atoms with Gasteiger partial charge in [-0.2, -0.15) is 0 Å². The van der Waals surface area contributed by atoms with Crippen LogP contribution in [0.1, 0.15) is 113 Å². The molecular formula is C80H75N. The minimum atomic E-state index is -0.520. The molecule has 81 heavy (non-hydrogen) atoms. The molecule has 0 aromatic heterocycles. The van der Waals surface area contributed by atoms with E-state index in [2.05, 4.69) is 303 Å². The molecule has 1 aliphatic rings. The van der Waals surface area contributed by atoms with Crippen molar-refractivity contribution in [2.24, 2.45) is 11.8 Å². The van der Waals surface area contributed by atoms with Crippen molar-refractivity contribution < 1.29 is 0 Å². The molecular weight excluding hydrogens is 975 g/mol. The number of allylic oxidation sites excluding steroid dienone is 1. The Kier molecular flexibility index (Phi) is 13.3. The van der Waals surface area contributed by atoms with Crippen molar-refractivity contribution in [2.75, 3.05) is 4.90 Å². The van der Waals surface area contributed by atoms with Crippen LogP contribution in [-0.4, -0.2) is 0 Å². The van der Waals surface area contributed by atoms with Gasteiger partial charge in [0.25, 0.3) is 0 Å². The first kappa shape index (κ1) is 52.1. The van der Waals surface area contributed by atoms with Gasteiger partial charge in [-0.3, -0.25) is 0 Å². The Morgan fingerprint density at radius 2 is 0.951 bits per heavy atom. The Labute approximate surface area is 480 Å². The van der Waals surface area contributed by atoms with Gasteiger partial charge in [0.15, 0.2) is 0 Å². The number of nitrogens with zero attached hydrogens (tertiary/aromatic N) is 1. The maximum atomic E-state index is 2.76. The minimum Gasteiger partial charge on any atom is -0.353 e. The number of anilines is 1. The Balaban J connectivity index is 0.902. The summed E-state index contributed by atoms with van der Waals surface area (Å²) in [6, 6.07) is 88.1. The molecule has 0 saturated heterocycles. The quantitative estimate of drug-likeness (QED) is 0.0731. The van der Waals surface area contributed by atoms with Crippen LogP contribution in [0.2, 0.25) is 0 Å². The van der Waals surface area contributed by atoms with E-state index in [1.54, 1.807) is 0 Å². The standard InChI is InChI=1S/C80H75N/c1-9-43-80(53(3)4,81(52-56-36-38-58-24-12-14-26-60(58)45-56)77-48-62-28-16-18-30-66(62)68-32-21-22-34-72(68)77)64-40-42-71-70-41-39-63(49-75(70)78(6,7)76(71)50-64)79(8,10-2)51-54(5)73(46-55-35-37-57-23-11-13-25-59(57)44-55)74-47-61-27-15-17-29-65(61)67-31-19-20-33-69(67)74/h9,11-45,47-50,53-54,73H,10,46,51-52H2,1-8H3/b43-9-. The lowest BCUT2D eigenvalue weighted by atomic mass is 9.67. The van der Waals surface area contributed by atoms with Crippen LogP contribution in [0.3, 0.4) is 0 Å². The van der Waals surface area contributed by atoms with Crippen molar-refractivity contribution in [3.63, 3.8) is 0 Å². The Bertz CT molecular complexity index is 4400. The monoisotopic (exact) mass is 1050 g/mol. The average molecular weight is 1050 g/mol. The summed E-state index contributed by atoms with van der Waals surface area (Å²) in [4.78, 5) is 2.76. The molecule has 0 spiro atoms. The SMILES string of the molecule is C/C=C\C(c1ccc2c(c1)C(C)(C)c1cc(C(C)(CC)CC(C)C(Cc3ccc4ccccc4c3)c3cc4ccccc4c4ccccc34)ccc1-2)(C(C)C)N(Cc1ccc2ccccc2c1)c1cc2ccccc2c2ccccc12.